The number of benzene rings is 1. The van der Waals surface area contributed by atoms with Gasteiger partial charge in [0.15, 0.2) is 0 Å². The molecule has 0 bridgehead atoms. The summed E-state index contributed by atoms with van der Waals surface area (Å²) in [5, 5.41) is 0. The van der Waals surface area contributed by atoms with Crippen molar-refractivity contribution in [2.45, 2.75) is 45.1 Å². The van der Waals surface area contributed by atoms with Crippen LogP contribution in [0.3, 0.4) is 0 Å². The fraction of sp³-hybridized carbons (Fsp3) is 0.562. The molecule has 1 heterocycles. The molecule has 1 aromatic heterocycles. The van der Waals surface area contributed by atoms with Crippen LogP contribution in [0.2, 0.25) is 0 Å². The molecule has 2 aromatic rings. The van der Waals surface area contributed by atoms with Crippen molar-refractivity contribution in [3.05, 3.63) is 30.1 Å². The topological polar surface area (TPSA) is 43.8 Å². The molecule has 1 saturated carbocycles. The van der Waals surface area contributed by atoms with E-state index in [0.29, 0.717) is 12.5 Å². The molecule has 0 amide bonds. The summed E-state index contributed by atoms with van der Waals surface area (Å²) in [6, 6.07) is 8.42. The molecule has 1 fully saturated rings. The van der Waals surface area contributed by atoms with Crippen LogP contribution in [-0.2, 0) is 6.54 Å². The summed E-state index contributed by atoms with van der Waals surface area (Å²) >= 11 is 0. The Morgan fingerprint density at radius 3 is 2.74 bits per heavy atom. The first-order chi connectivity index (χ1) is 9.35. The number of imidazole rings is 1. The molecule has 3 heteroatoms. The van der Waals surface area contributed by atoms with E-state index in [-0.39, 0.29) is 0 Å². The number of aromatic nitrogens is 2. The van der Waals surface area contributed by atoms with Gasteiger partial charge in [-0.05, 0) is 37.8 Å². The van der Waals surface area contributed by atoms with Gasteiger partial charge in [-0.25, -0.2) is 4.98 Å². The Labute approximate surface area is 114 Å². The summed E-state index contributed by atoms with van der Waals surface area (Å²) in [4.78, 5) is 4.88. The van der Waals surface area contributed by atoms with E-state index in [9.17, 15) is 0 Å². The van der Waals surface area contributed by atoms with Crippen LogP contribution >= 0.6 is 0 Å². The maximum Gasteiger partial charge on any atom is 0.114 e. The minimum Gasteiger partial charge on any atom is -0.330 e. The smallest absolute Gasteiger partial charge is 0.114 e. The first-order valence-corrected chi connectivity index (χ1v) is 7.50. The van der Waals surface area contributed by atoms with Crippen molar-refractivity contribution in [2.75, 3.05) is 6.54 Å². The lowest BCUT2D eigenvalue weighted by Crippen LogP contribution is -2.23. The zero-order valence-corrected chi connectivity index (χ0v) is 11.7. The number of para-hydroxylation sites is 2. The van der Waals surface area contributed by atoms with Crippen LogP contribution in [0.5, 0.6) is 0 Å². The summed E-state index contributed by atoms with van der Waals surface area (Å²) < 4.78 is 2.35. The Morgan fingerprint density at radius 2 is 2.05 bits per heavy atom. The number of nitrogens with two attached hydrogens (primary N) is 1. The van der Waals surface area contributed by atoms with Gasteiger partial charge in [-0.15, -0.1) is 0 Å². The van der Waals surface area contributed by atoms with E-state index in [2.05, 4.69) is 35.8 Å². The van der Waals surface area contributed by atoms with Gasteiger partial charge >= 0.3 is 0 Å². The first-order valence-electron chi connectivity index (χ1n) is 7.50. The van der Waals surface area contributed by atoms with Crippen LogP contribution in [0.25, 0.3) is 11.0 Å². The second kappa shape index (κ2) is 5.33. The Bertz CT molecular complexity index is 552. The third-order valence-corrected chi connectivity index (χ3v) is 4.55. The SMILES string of the molecule is CCn1c(C(CN)C2CCCC2)nc2ccccc21. The quantitative estimate of drug-likeness (QED) is 0.913. The molecular weight excluding hydrogens is 234 g/mol. The van der Waals surface area contributed by atoms with Gasteiger partial charge in [-0.2, -0.15) is 0 Å². The van der Waals surface area contributed by atoms with E-state index < -0.39 is 0 Å². The Hall–Kier alpha value is -1.35. The van der Waals surface area contributed by atoms with Crippen LogP contribution in [0, 0.1) is 5.92 Å². The highest BCUT2D eigenvalue weighted by Crippen LogP contribution is 2.37. The number of nitrogens with zero attached hydrogens (tertiary/aromatic N) is 2. The molecule has 1 unspecified atom stereocenters. The third-order valence-electron chi connectivity index (χ3n) is 4.55. The highest BCUT2D eigenvalue weighted by molar-refractivity contribution is 5.76. The summed E-state index contributed by atoms with van der Waals surface area (Å²) in [6.07, 6.45) is 5.34. The summed E-state index contributed by atoms with van der Waals surface area (Å²) in [5.74, 6) is 2.36. The van der Waals surface area contributed by atoms with Crippen LogP contribution in [0.15, 0.2) is 24.3 Å². The van der Waals surface area contributed by atoms with E-state index >= 15 is 0 Å². The van der Waals surface area contributed by atoms with E-state index in [0.717, 1.165) is 18.0 Å². The fourth-order valence-electron chi connectivity index (χ4n) is 3.58. The Morgan fingerprint density at radius 1 is 1.32 bits per heavy atom. The van der Waals surface area contributed by atoms with Crippen LogP contribution in [-0.4, -0.2) is 16.1 Å². The molecule has 3 rings (SSSR count). The molecule has 2 N–H and O–H groups in total. The summed E-state index contributed by atoms with van der Waals surface area (Å²) in [7, 11) is 0. The van der Waals surface area contributed by atoms with Gasteiger partial charge in [0.2, 0.25) is 0 Å². The van der Waals surface area contributed by atoms with Gasteiger partial charge in [0, 0.05) is 19.0 Å². The number of rotatable bonds is 4. The molecule has 19 heavy (non-hydrogen) atoms. The zero-order valence-electron chi connectivity index (χ0n) is 11.7. The zero-order chi connectivity index (χ0) is 13.2. The van der Waals surface area contributed by atoms with Crippen molar-refractivity contribution in [1.82, 2.24) is 9.55 Å². The molecule has 102 valence electrons. The lowest BCUT2D eigenvalue weighted by molar-refractivity contribution is 0.413. The van der Waals surface area contributed by atoms with Crippen molar-refractivity contribution in [3.63, 3.8) is 0 Å². The average Bonchev–Trinajstić information content (AvgIpc) is 3.07. The average molecular weight is 257 g/mol. The van der Waals surface area contributed by atoms with Crippen LogP contribution in [0.4, 0.5) is 0 Å². The molecule has 0 radical (unpaired) electrons. The second-order valence-corrected chi connectivity index (χ2v) is 5.59. The van der Waals surface area contributed by atoms with Crippen molar-refractivity contribution in [3.8, 4) is 0 Å². The molecule has 1 atom stereocenters. The van der Waals surface area contributed by atoms with Crippen molar-refractivity contribution >= 4 is 11.0 Å². The van der Waals surface area contributed by atoms with E-state index in [1.807, 2.05) is 0 Å². The lowest BCUT2D eigenvalue weighted by atomic mass is 9.90. The maximum atomic E-state index is 6.08. The van der Waals surface area contributed by atoms with Gasteiger partial charge in [-0.3, -0.25) is 0 Å². The van der Waals surface area contributed by atoms with Gasteiger partial charge < -0.3 is 10.3 Å². The molecular formula is C16H23N3. The second-order valence-electron chi connectivity index (χ2n) is 5.59. The van der Waals surface area contributed by atoms with Crippen molar-refractivity contribution in [1.29, 1.82) is 0 Å². The summed E-state index contributed by atoms with van der Waals surface area (Å²) in [6.45, 7) is 3.88. The lowest BCUT2D eigenvalue weighted by Gasteiger charge is -2.22. The first kappa shape index (κ1) is 12.7. The predicted molar refractivity (Wildman–Crippen MR) is 79.2 cm³/mol. The van der Waals surface area contributed by atoms with E-state index in [4.69, 9.17) is 10.7 Å². The number of hydrogen-bond acceptors (Lipinski definition) is 2. The fourth-order valence-corrected chi connectivity index (χ4v) is 3.58. The van der Waals surface area contributed by atoms with Gasteiger partial charge in [0.25, 0.3) is 0 Å². The van der Waals surface area contributed by atoms with Gasteiger partial charge in [0.05, 0.1) is 11.0 Å². The van der Waals surface area contributed by atoms with Crippen molar-refractivity contribution in [2.24, 2.45) is 11.7 Å². The highest BCUT2D eigenvalue weighted by Gasteiger charge is 2.29. The standard InChI is InChI=1S/C16H23N3/c1-2-19-15-10-6-5-9-14(15)18-16(19)13(11-17)12-7-3-4-8-12/h5-6,9-10,12-13H,2-4,7-8,11,17H2,1H3. The Balaban J connectivity index is 2.06. The minimum atomic E-state index is 0.426. The maximum absolute atomic E-state index is 6.08. The normalized spacial score (nSPS) is 18.2. The molecule has 1 aliphatic carbocycles. The summed E-state index contributed by atoms with van der Waals surface area (Å²) in [5.41, 5.74) is 8.43. The number of hydrogen-bond donors (Lipinski definition) is 1. The molecule has 1 aromatic carbocycles. The van der Waals surface area contributed by atoms with Crippen LogP contribution in [0.1, 0.15) is 44.3 Å². The molecule has 3 nitrogen and oxygen atoms in total. The monoisotopic (exact) mass is 257 g/mol. The molecule has 0 saturated heterocycles. The molecule has 1 aliphatic rings. The Kier molecular flexibility index (Phi) is 3.56. The highest BCUT2D eigenvalue weighted by atomic mass is 15.1. The van der Waals surface area contributed by atoms with Gasteiger partial charge in [-0.1, -0.05) is 25.0 Å². The third kappa shape index (κ3) is 2.16. The molecule has 0 aliphatic heterocycles. The van der Waals surface area contributed by atoms with Crippen LogP contribution < -0.4 is 5.73 Å². The van der Waals surface area contributed by atoms with E-state index in [1.54, 1.807) is 0 Å². The minimum absolute atomic E-state index is 0.426. The molecule has 0 spiro atoms. The van der Waals surface area contributed by atoms with Crippen molar-refractivity contribution < 1.29 is 0 Å². The predicted octanol–water partition coefficient (Wildman–Crippen LogP) is 3.29. The number of fused-ring (bicyclic) bond motifs is 1. The number of aryl methyl sites for hydroxylation is 1. The largest absolute Gasteiger partial charge is 0.330 e. The van der Waals surface area contributed by atoms with Gasteiger partial charge in [0.1, 0.15) is 5.82 Å². The van der Waals surface area contributed by atoms with E-state index in [1.165, 1.54) is 37.0 Å².